The maximum absolute atomic E-state index is 12.6. The third-order valence-electron chi connectivity index (χ3n) is 3.82. The summed E-state index contributed by atoms with van der Waals surface area (Å²) in [5, 5.41) is 0. The minimum absolute atomic E-state index is 0.0601. The molecule has 2 rings (SSSR count). The highest BCUT2D eigenvalue weighted by molar-refractivity contribution is 5.88. The number of hydrogen-bond acceptors (Lipinski definition) is 6. The molecule has 0 atom stereocenters. The normalized spacial score (nSPS) is 10.9. The molecule has 0 heterocycles. The Morgan fingerprint density at radius 2 is 1.30 bits per heavy atom. The van der Waals surface area contributed by atoms with Crippen LogP contribution in [0.2, 0.25) is 0 Å². The predicted molar refractivity (Wildman–Crippen MR) is 83.5 cm³/mol. The van der Waals surface area contributed by atoms with E-state index in [-0.39, 0.29) is 12.8 Å². The largest absolute Gasteiger partial charge is 0.373 e. The van der Waals surface area contributed by atoms with Gasteiger partial charge < -0.3 is 9.68 Å². The molecule has 0 fully saturated rings. The molecule has 6 nitrogen and oxygen atoms in total. The van der Waals surface area contributed by atoms with E-state index in [4.69, 9.17) is 11.8 Å². The van der Waals surface area contributed by atoms with Crippen molar-refractivity contribution in [2.75, 3.05) is 0 Å². The van der Waals surface area contributed by atoms with Crippen molar-refractivity contribution < 1.29 is 19.3 Å². The maximum Gasteiger partial charge on any atom is 0.339 e. The lowest BCUT2D eigenvalue weighted by Gasteiger charge is -2.31. The third-order valence-corrected chi connectivity index (χ3v) is 3.82. The van der Waals surface area contributed by atoms with Gasteiger partial charge in [0.1, 0.15) is 5.41 Å². The standard InChI is InChI=1S/C17H18N2O4/c18-22-15(20)11-12-17(16(21)23-19,13-7-3-1-4-8-13)14-9-5-2-6-10-14/h1-10H,11-12,18-19H2. The van der Waals surface area contributed by atoms with Crippen LogP contribution in [-0.4, -0.2) is 11.9 Å². The van der Waals surface area contributed by atoms with Crippen LogP contribution in [0.1, 0.15) is 24.0 Å². The zero-order valence-corrected chi connectivity index (χ0v) is 12.5. The second-order valence-electron chi connectivity index (χ2n) is 5.03. The first-order valence-corrected chi connectivity index (χ1v) is 7.07. The molecule has 0 amide bonds. The van der Waals surface area contributed by atoms with Crippen LogP contribution >= 0.6 is 0 Å². The number of carbonyl (C=O) groups excluding carboxylic acids is 2. The summed E-state index contributed by atoms with van der Waals surface area (Å²) < 4.78 is 0. The van der Waals surface area contributed by atoms with Crippen molar-refractivity contribution in [3.05, 3.63) is 71.8 Å². The van der Waals surface area contributed by atoms with Gasteiger partial charge in [0.05, 0.1) is 0 Å². The molecule has 4 N–H and O–H groups in total. The molecule has 0 aromatic heterocycles. The summed E-state index contributed by atoms with van der Waals surface area (Å²) in [5.41, 5.74) is 0.129. The Morgan fingerprint density at radius 1 is 0.826 bits per heavy atom. The van der Waals surface area contributed by atoms with Gasteiger partial charge >= 0.3 is 11.9 Å². The molecule has 120 valence electrons. The second kappa shape index (κ2) is 7.53. The fourth-order valence-electron chi connectivity index (χ4n) is 2.69. The van der Waals surface area contributed by atoms with E-state index in [0.29, 0.717) is 11.1 Å². The van der Waals surface area contributed by atoms with Crippen LogP contribution in [0.25, 0.3) is 0 Å². The average molecular weight is 314 g/mol. The first-order valence-electron chi connectivity index (χ1n) is 7.07. The SMILES string of the molecule is NOC(=O)CCC(C(=O)ON)(c1ccccc1)c1ccccc1. The topological polar surface area (TPSA) is 105 Å². The zero-order chi connectivity index (χ0) is 16.7. The van der Waals surface area contributed by atoms with Crippen molar-refractivity contribution in [2.45, 2.75) is 18.3 Å². The minimum Gasteiger partial charge on any atom is -0.373 e. The molecule has 0 radical (unpaired) electrons. The highest BCUT2D eigenvalue weighted by atomic mass is 16.7. The summed E-state index contributed by atoms with van der Waals surface area (Å²) >= 11 is 0. The summed E-state index contributed by atoms with van der Waals surface area (Å²) in [6, 6.07) is 18.0. The number of nitrogens with two attached hydrogens (primary N) is 2. The van der Waals surface area contributed by atoms with Crippen molar-refractivity contribution >= 4 is 11.9 Å². The second-order valence-corrected chi connectivity index (χ2v) is 5.03. The molecule has 0 aliphatic heterocycles. The van der Waals surface area contributed by atoms with Crippen LogP contribution in [0.3, 0.4) is 0 Å². The van der Waals surface area contributed by atoms with Crippen molar-refractivity contribution in [3.63, 3.8) is 0 Å². The summed E-state index contributed by atoms with van der Waals surface area (Å²) in [6.07, 6.45) is 0.0580. The van der Waals surface area contributed by atoms with Gasteiger partial charge in [0.2, 0.25) is 0 Å². The Morgan fingerprint density at radius 3 is 1.70 bits per heavy atom. The number of carbonyl (C=O) groups is 2. The van der Waals surface area contributed by atoms with E-state index < -0.39 is 17.4 Å². The van der Waals surface area contributed by atoms with Crippen LogP contribution in [0, 0.1) is 0 Å². The van der Waals surface area contributed by atoms with Gasteiger partial charge in [-0.3, -0.25) is 4.79 Å². The van der Waals surface area contributed by atoms with E-state index in [1.807, 2.05) is 12.1 Å². The van der Waals surface area contributed by atoms with Gasteiger partial charge in [-0.15, -0.1) is 0 Å². The van der Waals surface area contributed by atoms with Crippen molar-refractivity contribution in [3.8, 4) is 0 Å². The van der Waals surface area contributed by atoms with Gasteiger partial charge in [0, 0.05) is 6.42 Å². The highest BCUT2D eigenvalue weighted by Gasteiger charge is 2.43. The van der Waals surface area contributed by atoms with Crippen molar-refractivity contribution in [2.24, 2.45) is 11.8 Å². The van der Waals surface area contributed by atoms with Gasteiger partial charge in [0.15, 0.2) is 0 Å². The van der Waals surface area contributed by atoms with Crippen LogP contribution in [-0.2, 0) is 24.7 Å². The van der Waals surface area contributed by atoms with Crippen LogP contribution in [0.15, 0.2) is 60.7 Å². The monoisotopic (exact) mass is 314 g/mol. The Kier molecular flexibility index (Phi) is 5.46. The first kappa shape index (κ1) is 16.7. The lowest BCUT2D eigenvalue weighted by atomic mass is 9.71. The van der Waals surface area contributed by atoms with Crippen molar-refractivity contribution in [1.82, 2.24) is 0 Å². The Labute approximate surface area is 133 Å². The molecule has 0 bridgehead atoms. The molecule has 0 aliphatic rings. The average Bonchev–Trinajstić information content (AvgIpc) is 2.63. The quantitative estimate of drug-likeness (QED) is 0.784. The Bertz CT molecular complexity index is 619. The van der Waals surface area contributed by atoms with Gasteiger partial charge in [-0.2, -0.15) is 11.8 Å². The van der Waals surface area contributed by atoms with Gasteiger partial charge in [-0.25, -0.2) is 4.79 Å². The van der Waals surface area contributed by atoms with Crippen molar-refractivity contribution in [1.29, 1.82) is 0 Å². The smallest absolute Gasteiger partial charge is 0.339 e. The molecule has 0 saturated heterocycles. The molecule has 0 saturated carbocycles. The predicted octanol–water partition coefficient (Wildman–Crippen LogP) is 1.59. The number of benzene rings is 2. The summed E-state index contributed by atoms with van der Waals surface area (Å²) in [4.78, 5) is 32.9. The molecule has 0 unspecified atom stereocenters. The fourth-order valence-corrected chi connectivity index (χ4v) is 2.69. The molecule has 23 heavy (non-hydrogen) atoms. The lowest BCUT2D eigenvalue weighted by Crippen LogP contribution is -2.40. The number of hydrogen-bond donors (Lipinski definition) is 2. The summed E-state index contributed by atoms with van der Waals surface area (Å²) in [5.74, 6) is 8.81. The van der Waals surface area contributed by atoms with E-state index in [9.17, 15) is 9.59 Å². The first-order chi connectivity index (χ1) is 11.1. The molecule has 6 heteroatoms. The Balaban J connectivity index is 2.59. The summed E-state index contributed by atoms with van der Waals surface area (Å²) in [6.45, 7) is 0. The minimum atomic E-state index is -1.22. The fraction of sp³-hybridized carbons (Fsp3) is 0.176. The van der Waals surface area contributed by atoms with E-state index in [1.165, 1.54) is 0 Å². The third kappa shape index (κ3) is 3.39. The zero-order valence-electron chi connectivity index (χ0n) is 12.5. The van der Waals surface area contributed by atoms with Crippen LogP contribution in [0.5, 0.6) is 0 Å². The lowest BCUT2D eigenvalue weighted by molar-refractivity contribution is -0.151. The van der Waals surface area contributed by atoms with E-state index in [2.05, 4.69) is 9.68 Å². The van der Waals surface area contributed by atoms with Gasteiger partial charge in [0.25, 0.3) is 0 Å². The van der Waals surface area contributed by atoms with E-state index >= 15 is 0 Å². The number of rotatable bonds is 6. The molecular formula is C17H18N2O4. The van der Waals surface area contributed by atoms with E-state index in [1.54, 1.807) is 48.5 Å². The summed E-state index contributed by atoms with van der Waals surface area (Å²) in [7, 11) is 0. The molecule has 2 aromatic rings. The van der Waals surface area contributed by atoms with Gasteiger partial charge in [-0.1, -0.05) is 60.7 Å². The molecule has 0 spiro atoms. The molecular weight excluding hydrogens is 296 g/mol. The molecule has 2 aromatic carbocycles. The van der Waals surface area contributed by atoms with E-state index in [0.717, 1.165) is 0 Å². The maximum atomic E-state index is 12.6. The van der Waals surface area contributed by atoms with Gasteiger partial charge in [-0.05, 0) is 17.5 Å². The van der Waals surface area contributed by atoms with Crippen LogP contribution < -0.4 is 11.8 Å². The van der Waals surface area contributed by atoms with Crippen LogP contribution in [0.4, 0.5) is 0 Å². The Hall–Kier alpha value is -2.70. The molecule has 0 aliphatic carbocycles. The highest BCUT2D eigenvalue weighted by Crippen LogP contribution is 2.38.